The molecule has 2 aromatic carbocycles. The molecule has 0 bridgehead atoms. The quantitative estimate of drug-likeness (QED) is 0.448. The van der Waals surface area contributed by atoms with Crippen molar-refractivity contribution in [3.63, 3.8) is 0 Å². The van der Waals surface area contributed by atoms with E-state index in [0.29, 0.717) is 0 Å². The molecule has 1 aromatic heterocycles. The smallest absolute Gasteiger partial charge is 0.142 e. The number of nitrogens with one attached hydrogen (secondary N) is 1. The fraction of sp³-hybridized carbons (Fsp3) is 0.292. The van der Waals surface area contributed by atoms with Crippen LogP contribution < -0.4 is 5.32 Å². The van der Waals surface area contributed by atoms with Gasteiger partial charge in [-0.25, -0.2) is 4.39 Å². The molecule has 1 fully saturated rings. The summed E-state index contributed by atoms with van der Waals surface area (Å²) in [5.41, 5.74) is 3.22. The summed E-state index contributed by atoms with van der Waals surface area (Å²) in [6.07, 6.45) is 5.65. The summed E-state index contributed by atoms with van der Waals surface area (Å²) in [5.74, 6) is -0.264. The van der Waals surface area contributed by atoms with E-state index in [1.54, 1.807) is 12.1 Å². The predicted molar refractivity (Wildman–Crippen MR) is 122 cm³/mol. The van der Waals surface area contributed by atoms with Crippen LogP contribution in [-0.2, 0) is 16.9 Å². The highest BCUT2D eigenvalue weighted by atomic mass is 32.1. The molecule has 1 saturated carbocycles. The van der Waals surface area contributed by atoms with Gasteiger partial charge in [0.25, 0.3) is 0 Å². The largest absolute Gasteiger partial charge is 0.391 e. The number of fused-ring (bicyclic) bond motifs is 1. The second kappa shape index (κ2) is 8.88. The third-order valence-corrected chi connectivity index (χ3v) is 6.28. The number of likely N-dealkylation sites (N-methyl/N-ethyl adjacent to an activating group) is 1. The fourth-order valence-electron chi connectivity index (χ4n) is 4.13. The maximum absolute atomic E-state index is 13.1. The topological polar surface area (TPSA) is 46.5 Å². The van der Waals surface area contributed by atoms with Crippen LogP contribution in [0.5, 0.6) is 0 Å². The van der Waals surface area contributed by atoms with Crippen molar-refractivity contribution in [2.24, 2.45) is 5.16 Å². The lowest BCUT2D eigenvalue weighted by Gasteiger charge is -2.38. The molecule has 4 nitrogen and oxygen atoms in total. The summed E-state index contributed by atoms with van der Waals surface area (Å²) >= 11 is 5.81. The van der Waals surface area contributed by atoms with E-state index < -0.39 is 5.41 Å². The number of aromatic nitrogens is 1. The molecule has 0 aliphatic heterocycles. The first-order valence-corrected chi connectivity index (χ1v) is 10.6. The van der Waals surface area contributed by atoms with Gasteiger partial charge in [0.2, 0.25) is 0 Å². The Morgan fingerprint density at radius 2 is 2.00 bits per heavy atom. The first-order chi connectivity index (χ1) is 14.6. The minimum Gasteiger partial charge on any atom is -0.391 e. The lowest BCUT2D eigenvalue weighted by Crippen LogP contribution is -2.50. The number of pyridine rings is 1. The van der Waals surface area contributed by atoms with E-state index in [9.17, 15) is 4.39 Å². The van der Waals surface area contributed by atoms with E-state index in [-0.39, 0.29) is 12.4 Å². The zero-order chi connectivity index (χ0) is 21.0. The zero-order valence-electron chi connectivity index (χ0n) is 16.9. The highest BCUT2D eigenvalue weighted by Crippen LogP contribution is 2.39. The van der Waals surface area contributed by atoms with Crippen LogP contribution in [-0.4, -0.2) is 22.7 Å². The Hall–Kier alpha value is -2.86. The normalized spacial score (nSPS) is 20.3. The number of benzene rings is 2. The van der Waals surface area contributed by atoms with Crippen LogP contribution in [0, 0.1) is 5.82 Å². The molecule has 1 atom stereocenters. The lowest BCUT2D eigenvalue weighted by molar-refractivity contribution is 0.127. The molecule has 1 aliphatic rings. The number of hydrogen-bond donors (Lipinski definition) is 1. The average molecular weight is 422 g/mol. The molecule has 0 saturated heterocycles. The van der Waals surface area contributed by atoms with Crippen LogP contribution in [0.15, 0.2) is 65.9 Å². The van der Waals surface area contributed by atoms with E-state index in [4.69, 9.17) is 17.1 Å². The van der Waals surface area contributed by atoms with E-state index in [1.165, 1.54) is 12.1 Å². The zero-order valence-corrected chi connectivity index (χ0v) is 17.7. The number of halogens is 1. The van der Waals surface area contributed by atoms with Gasteiger partial charge in [0.1, 0.15) is 12.4 Å². The Bertz CT molecular complexity index is 1080. The van der Waals surface area contributed by atoms with Crippen LogP contribution in [0.4, 0.5) is 4.39 Å². The molecule has 4 rings (SSSR count). The van der Waals surface area contributed by atoms with Gasteiger partial charge in [-0.1, -0.05) is 54.1 Å². The van der Waals surface area contributed by atoms with Crippen molar-refractivity contribution in [1.29, 1.82) is 0 Å². The van der Waals surface area contributed by atoms with Crippen molar-refractivity contribution in [2.45, 2.75) is 37.7 Å². The van der Waals surface area contributed by atoms with E-state index in [2.05, 4.69) is 27.6 Å². The van der Waals surface area contributed by atoms with Crippen molar-refractivity contribution in [2.75, 3.05) is 7.05 Å². The van der Waals surface area contributed by atoms with Gasteiger partial charge in [-0.05, 0) is 54.7 Å². The van der Waals surface area contributed by atoms with Crippen molar-refractivity contribution >= 4 is 33.8 Å². The van der Waals surface area contributed by atoms with Crippen LogP contribution in [0.2, 0.25) is 0 Å². The molecule has 30 heavy (non-hydrogen) atoms. The number of thiocarbonyl (C=S) groups is 1. The molecule has 0 radical (unpaired) electrons. The number of rotatable bonds is 5. The highest BCUT2D eigenvalue weighted by Gasteiger charge is 2.44. The van der Waals surface area contributed by atoms with Crippen molar-refractivity contribution < 1.29 is 9.23 Å². The first kappa shape index (κ1) is 20.4. The maximum Gasteiger partial charge on any atom is 0.142 e. The van der Waals surface area contributed by atoms with Crippen LogP contribution in [0.1, 0.15) is 36.8 Å². The minimum absolute atomic E-state index is 0.264. The number of hydrogen-bond acceptors (Lipinski definition) is 4. The highest BCUT2D eigenvalue weighted by molar-refractivity contribution is 7.80. The average Bonchev–Trinajstić information content (AvgIpc) is 2.80. The number of para-hydroxylation sites is 1. The van der Waals surface area contributed by atoms with Crippen LogP contribution in [0.3, 0.4) is 0 Å². The molecule has 1 N–H and O–H groups in total. The summed E-state index contributed by atoms with van der Waals surface area (Å²) < 4.78 is 13.1. The molecule has 1 heterocycles. The molecule has 3 aromatic rings. The molecule has 1 unspecified atom stereocenters. The maximum atomic E-state index is 13.1. The summed E-state index contributed by atoms with van der Waals surface area (Å²) in [6.45, 7) is 0.280. The Labute approximate surface area is 181 Å². The van der Waals surface area contributed by atoms with Gasteiger partial charge in [0, 0.05) is 18.6 Å². The van der Waals surface area contributed by atoms with E-state index >= 15 is 0 Å². The van der Waals surface area contributed by atoms with Gasteiger partial charge in [0.05, 0.1) is 21.6 Å². The fourth-order valence-corrected chi connectivity index (χ4v) is 4.47. The van der Waals surface area contributed by atoms with E-state index in [0.717, 1.165) is 58.4 Å². The van der Waals surface area contributed by atoms with Crippen molar-refractivity contribution in [3.8, 4) is 0 Å². The van der Waals surface area contributed by atoms with Crippen molar-refractivity contribution in [3.05, 3.63) is 77.7 Å². The van der Waals surface area contributed by atoms with Gasteiger partial charge < -0.3 is 10.2 Å². The van der Waals surface area contributed by atoms with Gasteiger partial charge in [-0.3, -0.25) is 4.98 Å². The molecular weight excluding hydrogens is 397 g/mol. The number of oxime groups is 1. The van der Waals surface area contributed by atoms with Gasteiger partial charge >= 0.3 is 0 Å². The van der Waals surface area contributed by atoms with Crippen molar-refractivity contribution in [1.82, 2.24) is 10.3 Å². The predicted octanol–water partition coefficient (Wildman–Crippen LogP) is 5.31. The SMILES string of the molecule is CNC(=S)C1(c2cnc3ccccc3c2)CCCCC1=NOCc1ccc(F)cc1. The standard InChI is InChI=1S/C24H24FN3OS/c1-26-23(30)24(19-14-18-6-2-3-7-21(18)27-15-19)13-5-4-8-22(24)28-29-16-17-9-11-20(25)12-10-17/h2-3,6-7,9-12,14-15H,4-5,8,13,16H2,1H3,(H,26,30). The van der Waals surface area contributed by atoms with Crippen LogP contribution >= 0.6 is 12.2 Å². The van der Waals surface area contributed by atoms with Gasteiger partial charge in [-0.2, -0.15) is 0 Å². The lowest BCUT2D eigenvalue weighted by atomic mass is 9.68. The first-order valence-electron chi connectivity index (χ1n) is 10.1. The molecular formula is C24H24FN3OS. The van der Waals surface area contributed by atoms with Gasteiger partial charge in [0.15, 0.2) is 0 Å². The Kier molecular flexibility index (Phi) is 6.04. The Balaban J connectivity index is 1.70. The summed E-state index contributed by atoms with van der Waals surface area (Å²) in [7, 11) is 1.85. The summed E-state index contributed by atoms with van der Waals surface area (Å²) in [4.78, 5) is 11.1. The minimum atomic E-state index is -0.540. The van der Waals surface area contributed by atoms with Gasteiger partial charge in [-0.15, -0.1) is 0 Å². The van der Waals surface area contributed by atoms with E-state index in [1.807, 2.05) is 31.4 Å². The third kappa shape index (κ3) is 3.92. The second-order valence-electron chi connectivity index (χ2n) is 7.55. The monoisotopic (exact) mass is 421 g/mol. The Morgan fingerprint density at radius 3 is 2.80 bits per heavy atom. The van der Waals surface area contributed by atoms with Crippen LogP contribution in [0.25, 0.3) is 10.9 Å². The molecule has 0 spiro atoms. The third-order valence-electron chi connectivity index (χ3n) is 5.73. The molecule has 0 amide bonds. The Morgan fingerprint density at radius 1 is 1.20 bits per heavy atom. The summed E-state index contributed by atoms with van der Waals surface area (Å²) in [6, 6.07) is 16.5. The second-order valence-corrected chi connectivity index (χ2v) is 7.95. The number of nitrogens with zero attached hydrogens (tertiary/aromatic N) is 2. The molecule has 6 heteroatoms. The molecule has 154 valence electrons. The summed E-state index contributed by atoms with van der Waals surface area (Å²) in [5, 5.41) is 8.81. The molecule has 1 aliphatic carbocycles.